The summed E-state index contributed by atoms with van der Waals surface area (Å²) >= 11 is 0. The van der Waals surface area contributed by atoms with Gasteiger partial charge in [-0.2, -0.15) is 0 Å². The molecule has 202 valence electrons. The molecule has 2 aliphatic rings. The second-order valence-electron chi connectivity index (χ2n) is 12.6. The minimum absolute atomic E-state index is 0.741. The number of benzene rings is 3. The zero-order valence-electron chi connectivity index (χ0n) is 24.1. The average Bonchev–Trinajstić information content (AvgIpc) is 2.99. The van der Waals surface area contributed by atoms with E-state index in [1.165, 1.54) is 99.9 Å². The second kappa shape index (κ2) is 13.3. The van der Waals surface area contributed by atoms with Gasteiger partial charge in [0.1, 0.15) is 0 Å². The Morgan fingerprint density at radius 2 is 1.13 bits per heavy atom. The molecule has 3 aromatic carbocycles. The van der Waals surface area contributed by atoms with Gasteiger partial charge in [0.25, 0.3) is 0 Å². The van der Waals surface area contributed by atoms with Crippen LogP contribution in [0, 0.1) is 5.92 Å². The molecule has 0 spiro atoms. The highest BCUT2D eigenvalue weighted by atomic mass is 28.3. The first-order valence-electron chi connectivity index (χ1n) is 16.0. The molecule has 1 heteroatoms. The number of rotatable bonds is 10. The lowest BCUT2D eigenvalue weighted by molar-refractivity contribution is 0.308. The molecule has 38 heavy (non-hydrogen) atoms. The Balaban J connectivity index is 1.20. The zero-order valence-corrected chi connectivity index (χ0v) is 25.1. The van der Waals surface area contributed by atoms with Crippen LogP contribution < -0.4 is 5.19 Å². The largest absolute Gasteiger partial charge is 0.0867 e. The molecular formula is C37H50Si. The molecular weight excluding hydrogens is 472 g/mol. The first-order valence-corrected chi connectivity index (χ1v) is 18.6. The molecule has 0 atom stereocenters. The summed E-state index contributed by atoms with van der Waals surface area (Å²) < 4.78 is 0. The van der Waals surface area contributed by atoms with E-state index in [0.29, 0.717) is 0 Å². The minimum atomic E-state index is -1.36. The normalized spacial score (nSPS) is 25.8. The van der Waals surface area contributed by atoms with Crippen molar-refractivity contribution in [2.24, 2.45) is 5.92 Å². The Bertz CT molecular complexity index is 1080. The predicted molar refractivity (Wildman–Crippen MR) is 169 cm³/mol. The van der Waals surface area contributed by atoms with E-state index in [0.717, 1.165) is 17.8 Å². The molecule has 0 aromatic heterocycles. The van der Waals surface area contributed by atoms with Crippen LogP contribution >= 0.6 is 0 Å². The molecule has 0 amide bonds. The van der Waals surface area contributed by atoms with E-state index in [4.69, 9.17) is 0 Å². The SMILES string of the molecule is CCCCC[Si]1(c2ccccc2)CCC(c2ccc(-c3ccc(C4CCC(CCC)CC4)cc3)cc2)CC1. The fraction of sp³-hybridized carbons (Fsp3) is 0.514. The third-order valence-corrected chi connectivity index (χ3v) is 15.6. The Hall–Kier alpha value is -2.12. The highest BCUT2D eigenvalue weighted by molar-refractivity contribution is 6.92. The maximum absolute atomic E-state index is 2.45. The van der Waals surface area contributed by atoms with Gasteiger partial charge in [0.2, 0.25) is 0 Å². The van der Waals surface area contributed by atoms with Gasteiger partial charge in [0, 0.05) is 0 Å². The van der Waals surface area contributed by atoms with Crippen molar-refractivity contribution < 1.29 is 0 Å². The molecule has 1 saturated carbocycles. The highest BCUT2D eigenvalue weighted by Crippen LogP contribution is 2.42. The third kappa shape index (κ3) is 6.53. The molecule has 0 unspecified atom stereocenters. The lowest BCUT2D eigenvalue weighted by Gasteiger charge is -2.39. The fourth-order valence-corrected chi connectivity index (χ4v) is 13.0. The van der Waals surface area contributed by atoms with Gasteiger partial charge in [0.15, 0.2) is 0 Å². The van der Waals surface area contributed by atoms with Crippen LogP contribution in [0.5, 0.6) is 0 Å². The van der Waals surface area contributed by atoms with Crippen LogP contribution in [0.25, 0.3) is 11.1 Å². The first kappa shape index (κ1) is 27.4. The standard InChI is InChI=1S/C37H50Si/c1-3-5-9-27-38(37-11-7-6-8-12-37)28-25-36(26-29-38)35-23-21-34(22-24-35)33-19-17-32(18-20-33)31-15-13-30(10-4-2)14-16-31/h6-8,11-12,17-24,30-31,36H,3-5,9-10,13-16,25-29H2,1-2H3. The highest BCUT2D eigenvalue weighted by Gasteiger charge is 2.38. The summed E-state index contributed by atoms with van der Waals surface area (Å²) in [7, 11) is -1.36. The lowest BCUT2D eigenvalue weighted by Crippen LogP contribution is -2.49. The van der Waals surface area contributed by atoms with Gasteiger partial charge >= 0.3 is 0 Å². The summed E-state index contributed by atoms with van der Waals surface area (Å²) in [4.78, 5) is 0. The van der Waals surface area contributed by atoms with E-state index in [2.05, 4.69) is 92.7 Å². The van der Waals surface area contributed by atoms with E-state index >= 15 is 0 Å². The van der Waals surface area contributed by atoms with Crippen LogP contribution in [0.15, 0.2) is 78.9 Å². The summed E-state index contributed by atoms with van der Waals surface area (Å²) in [6, 6.07) is 35.3. The third-order valence-electron chi connectivity index (χ3n) is 10.2. The second-order valence-corrected chi connectivity index (χ2v) is 17.3. The summed E-state index contributed by atoms with van der Waals surface area (Å²) in [5.41, 5.74) is 5.87. The van der Waals surface area contributed by atoms with Crippen LogP contribution in [0.2, 0.25) is 18.1 Å². The van der Waals surface area contributed by atoms with Gasteiger partial charge in [-0.1, -0.05) is 148 Å². The molecule has 5 rings (SSSR count). The molecule has 0 radical (unpaired) electrons. The molecule has 0 N–H and O–H groups in total. The summed E-state index contributed by atoms with van der Waals surface area (Å²) in [5.74, 6) is 2.50. The lowest BCUT2D eigenvalue weighted by atomic mass is 9.77. The Morgan fingerprint density at radius 3 is 1.66 bits per heavy atom. The van der Waals surface area contributed by atoms with E-state index in [-0.39, 0.29) is 0 Å². The molecule has 0 nitrogen and oxygen atoms in total. The van der Waals surface area contributed by atoms with Crippen molar-refractivity contribution in [3.63, 3.8) is 0 Å². The van der Waals surface area contributed by atoms with Crippen molar-refractivity contribution in [1.82, 2.24) is 0 Å². The number of unbranched alkanes of at least 4 members (excludes halogenated alkanes) is 2. The van der Waals surface area contributed by atoms with E-state index in [1.54, 1.807) is 16.3 Å². The number of hydrogen-bond donors (Lipinski definition) is 0. The molecule has 0 bridgehead atoms. The molecule has 2 fully saturated rings. The van der Waals surface area contributed by atoms with Crippen LogP contribution in [0.4, 0.5) is 0 Å². The van der Waals surface area contributed by atoms with Crippen molar-refractivity contribution in [2.45, 2.75) is 114 Å². The maximum Gasteiger partial charge on any atom is 0.0867 e. The monoisotopic (exact) mass is 522 g/mol. The van der Waals surface area contributed by atoms with Crippen molar-refractivity contribution in [3.05, 3.63) is 90.0 Å². The predicted octanol–water partition coefficient (Wildman–Crippen LogP) is 10.9. The van der Waals surface area contributed by atoms with Crippen molar-refractivity contribution >= 4 is 13.3 Å². The van der Waals surface area contributed by atoms with Crippen molar-refractivity contribution in [1.29, 1.82) is 0 Å². The van der Waals surface area contributed by atoms with Crippen LogP contribution in [0.1, 0.15) is 107 Å². The van der Waals surface area contributed by atoms with Crippen molar-refractivity contribution in [2.75, 3.05) is 0 Å². The Kier molecular flexibility index (Phi) is 9.60. The maximum atomic E-state index is 2.45. The van der Waals surface area contributed by atoms with Gasteiger partial charge in [-0.25, -0.2) is 0 Å². The van der Waals surface area contributed by atoms with Crippen molar-refractivity contribution in [3.8, 4) is 11.1 Å². The zero-order chi connectivity index (χ0) is 26.2. The van der Waals surface area contributed by atoms with Gasteiger partial charge in [0.05, 0.1) is 8.07 Å². The minimum Gasteiger partial charge on any atom is -0.0654 e. The quantitative estimate of drug-likeness (QED) is 0.183. The molecule has 1 aliphatic heterocycles. The van der Waals surface area contributed by atoms with Gasteiger partial charge in [-0.05, 0) is 78.5 Å². The summed E-state index contributed by atoms with van der Waals surface area (Å²) in [6.07, 6.45) is 15.3. The average molecular weight is 523 g/mol. The van der Waals surface area contributed by atoms with Crippen LogP contribution in [0.3, 0.4) is 0 Å². The number of hydrogen-bond acceptors (Lipinski definition) is 0. The molecule has 1 aliphatic carbocycles. The topological polar surface area (TPSA) is 0 Å². The first-order chi connectivity index (χ1) is 18.7. The fourth-order valence-electron chi connectivity index (χ4n) is 7.78. The Labute approximate surface area is 234 Å². The Morgan fingerprint density at radius 1 is 0.579 bits per heavy atom. The van der Waals surface area contributed by atoms with Gasteiger partial charge < -0.3 is 0 Å². The summed E-state index contributed by atoms with van der Waals surface area (Å²) in [6.45, 7) is 4.67. The summed E-state index contributed by atoms with van der Waals surface area (Å²) in [5, 5.41) is 1.72. The van der Waals surface area contributed by atoms with Crippen LogP contribution in [-0.4, -0.2) is 8.07 Å². The molecule has 3 aromatic rings. The van der Waals surface area contributed by atoms with E-state index < -0.39 is 8.07 Å². The van der Waals surface area contributed by atoms with E-state index in [1.807, 2.05) is 0 Å². The van der Waals surface area contributed by atoms with Crippen LogP contribution in [-0.2, 0) is 0 Å². The van der Waals surface area contributed by atoms with Gasteiger partial charge in [-0.3, -0.25) is 0 Å². The molecule has 1 saturated heterocycles. The van der Waals surface area contributed by atoms with Gasteiger partial charge in [-0.15, -0.1) is 0 Å². The van der Waals surface area contributed by atoms with E-state index in [9.17, 15) is 0 Å². The smallest absolute Gasteiger partial charge is 0.0654 e. The molecule has 1 heterocycles.